The van der Waals surface area contributed by atoms with Crippen LogP contribution in [0.5, 0.6) is 0 Å². The highest BCUT2D eigenvalue weighted by molar-refractivity contribution is 5.86. The van der Waals surface area contributed by atoms with Gasteiger partial charge in [-0.1, -0.05) is 25.0 Å². The number of amides is 2. The van der Waals surface area contributed by atoms with Crippen LogP contribution in [-0.2, 0) is 4.79 Å². The highest BCUT2D eigenvalue weighted by atomic mass is 16.4. The third-order valence-corrected chi connectivity index (χ3v) is 3.82. The van der Waals surface area contributed by atoms with Crippen molar-refractivity contribution in [1.29, 1.82) is 0 Å². The minimum Gasteiger partial charge on any atom is -0.480 e. The number of urea groups is 1. The van der Waals surface area contributed by atoms with Crippen LogP contribution in [0.3, 0.4) is 0 Å². The summed E-state index contributed by atoms with van der Waals surface area (Å²) < 4.78 is 0. The van der Waals surface area contributed by atoms with Crippen molar-refractivity contribution >= 4 is 12.0 Å². The van der Waals surface area contributed by atoms with Crippen LogP contribution in [0.1, 0.15) is 44.9 Å². The number of aliphatic carboxylic acids is 1. The number of hydrogen-bond acceptors (Lipinski definition) is 2. The standard InChI is InChI=1S/C13H20N2O3/c16-11(17)13(8-4-5-9-13)15-12(18)14-10-6-2-1-3-7-10/h1-2,10H,3-9H2,(H,16,17)(H2,14,15,18). The Labute approximate surface area is 107 Å². The Bertz CT molecular complexity index is 359. The number of carbonyl (C=O) groups is 2. The Balaban J connectivity index is 1.89. The van der Waals surface area contributed by atoms with Gasteiger partial charge in [0.25, 0.3) is 0 Å². The second-order valence-electron chi connectivity index (χ2n) is 5.17. The Morgan fingerprint density at radius 3 is 2.50 bits per heavy atom. The maximum Gasteiger partial charge on any atom is 0.329 e. The maximum absolute atomic E-state index is 11.9. The molecule has 2 aliphatic rings. The zero-order valence-corrected chi connectivity index (χ0v) is 10.4. The number of hydrogen-bond donors (Lipinski definition) is 3. The Morgan fingerprint density at radius 1 is 1.22 bits per heavy atom. The van der Waals surface area contributed by atoms with Crippen molar-refractivity contribution in [1.82, 2.24) is 10.6 Å². The molecule has 2 aliphatic carbocycles. The molecule has 0 spiro atoms. The molecular formula is C13H20N2O3. The minimum absolute atomic E-state index is 0.127. The maximum atomic E-state index is 11.9. The lowest BCUT2D eigenvalue weighted by atomic mass is 9.98. The number of carboxylic acids is 1. The van der Waals surface area contributed by atoms with E-state index in [1.165, 1.54) is 0 Å². The number of allylic oxidation sites excluding steroid dienone is 1. The monoisotopic (exact) mass is 252 g/mol. The summed E-state index contributed by atoms with van der Waals surface area (Å²) in [6.45, 7) is 0. The van der Waals surface area contributed by atoms with Gasteiger partial charge in [0.1, 0.15) is 5.54 Å². The van der Waals surface area contributed by atoms with Gasteiger partial charge in [-0.3, -0.25) is 0 Å². The van der Waals surface area contributed by atoms with E-state index >= 15 is 0 Å². The van der Waals surface area contributed by atoms with Crippen molar-refractivity contribution in [3.05, 3.63) is 12.2 Å². The summed E-state index contributed by atoms with van der Waals surface area (Å²) >= 11 is 0. The van der Waals surface area contributed by atoms with Gasteiger partial charge in [-0.05, 0) is 32.1 Å². The van der Waals surface area contributed by atoms with Crippen LogP contribution in [0.15, 0.2) is 12.2 Å². The fourth-order valence-electron chi connectivity index (χ4n) is 2.73. The van der Waals surface area contributed by atoms with E-state index in [0.29, 0.717) is 12.8 Å². The van der Waals surface area contributed by atoms with Crippen molar-refractivity contribution in [3.8, 4) is 0 Å². The molecule has 0 aromatic rings. The van der Waals surface area contributed by atoms with Crippen molar-refractivity contribution in [2.45, 2.75) is 56.5 Å². The zero-order valence-electron chi connectivity index (χ0n) is 10.4. The van der Waals surface area contributed by atoms with Gasteiger partial charge in [0.15, 0.2) is 0 Å². The zero-order chi connectivity index (χ0) is 13.0. The van der Waals surface area contributed by atoms with Gasteiger partial charge in [-0.2, -0.15) is 0 Å². The van der Waals surface area contributed by atoms with E-state index in [1.54, 1.807) is 0 Å². The average molecular weight is 252 g/mol. The quantitative estimate of drug-likeness (QED) is 0.670. The normalized spacial score (nSPS) is 25.7. The summed E-state index contributed by atoms with van der Waals surface area (Å²) in [6.07, 6.45) is 9.65. The molecule has 1 atom stereocenters. The Kier molecular flexibility index (Phi) is 3.89. The molecule has 1 unspecified atom stereocenters. The largest absolute Gasteiger partial charge is 0.480 e. The SMILES string of the molecule is O=C(NC1CC=CCC1)NC1(C(=O)O)CCCC1. The molecule has 0 heterocycles. The summed E-state index contributed by atoms with van der Waals surface area (Å²) in [5.74, 6) is -0.918. The fourth-order valence-corrected chi connectivity index (χ4v) is 2.73. The fraction of sp³-hybridized carbons (Fsp3) is 0.692. The molecule has 18 heavy (non-hydrogen) atoms. The minimum atomic E-state index is -1.05. The van der Waals surface area contributed by atoms with Crippen LogP contribution in [0, 0.1) is 0 Å². The molecule has 2 rings (SSSR count). The molecule has 100 valence electrons. The van der Waals surface area contributed by atoms with Crippen LogP contribution in [0.2, 0.25) is 0 Å². The van der Waals surface area contributed by atoms with Gasteiger partial charge in [0.2, 0.25) is 0 Å². The second-order valence-corrected chi connectivity index (χ2v) is 5.17. The number of rotatable bonds is 3. The van der Waals surface area contributed by atoms with Crippen LogP contribution >= 0.6 is 0 Å². The van der Waals surface area contributed by atoms with Crippen molar-refractivity contribution in [3.63, 3.8) is 0 Å². The third-order valence-electron chi connectivity index (χ3n) is 3.82. The van der Waals surface area contributed by atoms with E-state index in [9.17, 15) is 14.7 Å². The molecule has 0 radical (unpaired) electrons. The first kappa shape index (κ1) is 12.9. The molecule has 0 aliphatic heterocycles. The molecule has 3 N–H and O–H groups in total. The van der Waals surface area contributed by atoms with Gasteiger partial charge in [-0.25, -0.2) is 9.59 Å². The molecule has 5 heteroatoms. The summed E-state index contributed by atoms with van der Waals surface area (Å²) in [7, 11) is 0. The number of carbonyl (C=O) groups excluding carboxylic acids is 1. The Hall–Kier alpha value is -1.52. The summed E-state index contributed by atoms with van der Waals surface area (Å²) in [6, 6.07) is -0.221. The van der Waals surface area contributed by atoms with Crippen molar-refractivity contribution in [2.75, 3.05) is 0 Å². The van der Waals surface area contributed by atoms with Crippen molar-refractivity contribution in [2.24, 2.45) is 0 Å². The predicted molar refractivity (Wildman–Crippen MR) is 67.3 cm³/mol. The lowest BCUT2D eigenvalue weighted by Crippen LogP contribution is -2.56. The van der Waals surface area contributed by atoms with Gasteiger partial charge >= 0.3 is 12.0 Å². The average Bonchev–Trinajstić information content (AvgIpc) is 2.80. The van der Waals surface area contributed by atoms with E-state index in [4.69, 9.17) is 0 Å². The molecular weight excluding hydrogens is 232 g/mol. The molecule has 0 bridgehead atoms. The third kappa shape index (κ3) is 2.83. The lowest BCUT2D eigenvalue weighted by Gasteiger charge is -2.27. The van der Waals surface area contributed by atoms with Gasteiger partial charge in [0, 0.05) is 6.04 Å². The highest BCUT2D eigenvalue weighted by Gasteiger charge is 2.42. The highest BCUT2D eigenvalue weighted by Crippen LogP contribution is 2.29. The van der Waals surface area contributed by atoms with Gasteiger partial charge in [0.05, 0.1) is 0 Å². The van der Waals surface area contributed by atoms with E-state index in [-0.39, 0.29) is 12.1 Å². The van der Waals surface area contributed by atoms with E-state index in [1.807, 2.05) is 0 Å². The number of carboxylic acid groups (broad SMARTS) is 1. The Morgan fingerprint density at radius 2 is 1.94 bits per heavy atom. The lowest BCUT2D eigenvalue weighted by molar-refractivity contribution is -0.144. The summed E-state index contributed by atoms with van der Waals surface area (Å²) in [5, 5.41) is 14.8. The van der Waals surface area contributed by atoms with E-state index in [0.717, 1.165) is 32.1 Å². The number of nitrogens with one attached hydrogen (secondary N) is 2. The second kappa shape index (κ2) is 5.42. The first-order valence-electron chi connectivity index (χ1n) is 6.59. The smallest absolute Gasteiger partial charge is 0.329 e. The van der Waals surface area contributed by atoms with E-state index in [2.05, 4.69) is 22.8 Å². The van der Waals surface area contributed by atoms with Crippen molar-refractivity contribution < 1.29 is 14.7 Å². The van der Waals surface area contributed by atoms with E-state index < -0.39 is 11.5 Å². The molecule has 5 nitrogen and oxygen atoms in total. The van der Waals surface area contributed by atoms with Crippen LogP contribution in [0.4, 0.5) is 4.79 Å². The molecule has 0 aromatic carbocycles. The van der Waals surface area contributed by atoms with Crippen LogP contribution in [-0.4, -0.2) is 28.7 Å². The van der Waals surface area contributed by atoms with Gasteiger partial charge in [-0.15, -0.1) is 0 Å². The van der Waals surface area contributed by atoms with Crippen LogP contribution < -0.4 is 10.6 Å². The molecule has 1 saturated carbocycles. The summed E-state index contributed by atoms with van der Waals surface area (Å²) in [5.41, 5.74) is -1.05. The first-order valence-corrected chi connectivity index (χ1v) is 6.59. The molecule has 2 amide bonds. The predicted octanol–water partition coefficient (Wildman–Crippen LogP) is 1.79. The van der Waals surface area contributed by atoms with Crippen LogP contribution in [0.25, 0.3) is 0 Å². The first-order chi connectivity index (χ1) is 8.62. The molecule has 0 saturated heterocycles. The topological polar surface area (TPSA) is 78.4 Å². The molecule has 0 aromatic heterocycles. The summed E-state index contributed by atoms with van der Waals surface area (Å²) in [4.78, 5) is 23.2. The molecule has 1 fully saturated rings. The van der Waals surface area contributed by atoms with Gasteiger partial charge < -0.3 is 15.7 Å².